The summed E-state index contributed by atoms with van der Waals surface area (Å²) in [6, 6.07) is 0. The first kappa shape index (κ1) is 102. The average molecular weight is 1520 g/mol. The second kappa shape index (κ2) is 75.1. The molecule has 19 heteroatoms. The van der Waals surface area contributed by atoms with E-state index in [4.69, 9.17) is 37.0 Å². The maximum absolute atomic E-state index is 13.1. The molecule has 0 rings (SSSR count). The van der Waals surface area contributed by atoms with Gasteiger partial charge < -0.3 is 33.8 Å². The Balaban J connectivity index is 5.22. The molecule has 17 nitrogen and oxygen atoms in total. The van der Waals surface area contributed by atoms with E-state index in [2.05, 4.69) is 48.5 Å². The third-order valence-corrected chi connectivity index (χ3v) is 21.8. The summed E-state index contributed by atoms with van der Waals surface area (Å²) in [5.41, 5.74) is 0. The second-order valence-electron chi connectivity index (χ2n) is 32.0. The van der Waals surface area contributed by atoms with Crippen LogP contribution in [-0.2, 0) is 65.4 Å². The van der Waals surface area contributed by atoms with Crippen molar-refractivity contribution in [2.75, 3.05) is 39.6 Å². The van der Waals surface area contributed by atoms with Gasteiger partial charge in [-0.25, -0.2) is 9.13 Å². The van der Waals surface area contributed by atoms with Crippen molar-refractivity contribution in [3.63, 3.8) is 0 Å². The van der Waals surface area contributed by atoms with E-state index in [0.29, 0.717) is 25.7 Å². The van der Waals surface area contributed by atoms with Crippen LogP contribution >= 0.6 is 15.6 Å². The predicted molar refractivity (Wildman–Crippen MR) is 428 cm³/mol. The molecule has 0 spiro atoms. The number of ether oxygens (including phenoxy) is 4. The number of hydrogen-bond acceptors (Lipinski definition) is 15. The summed E-state index contributed by atoms with van der Waals surface area (Å²) >= 11 is 0. The Morgan fingerprint density at radius 1 is 0.260 bits per heavy atom. The zero-order valence-electron chi connectivity index (χ0n) is 68.5. The number of aliphatic hydroxyl groups excluding tert-OH is 1. The lowest BCUT2D eigenvalue weighted by Gasteiger charge is -2.21. The fraction of sp³-hybridized carbons (Fsp3) is 0.953. The molecule has 0 aliphatic carbocycles. The zero-order chi connectivity index (χ0) is 76.5. The molecular weight excluding hydrogens is 1350 g/mol. The van der Waals surface area contributed by atoms with Gasteiger partial charge in [0, 0.05) is 25.7 Å². The van der Waals surface area contributed by atoms with E-state index in [1.807, 2.05) is 0 Å². The molecule has 2 unspecified atom stereocenters. The van der Waals surface area contributed by atoms with Gasteiger partial charge in [-0.1, -0.05) is 395 Å². The molecule has 618 valence electrons. The van der Waals surface area contributed by atoms with Crippen LogP contribution in [0.25, 0.3) is 0 Å². The minimum atomic E-state index is -4.97. The normalized spacial score (nSPS) is 13.9. The van der Waals surface area contributed by atoms with Gasteiger partial charge in [0.05, 0.1) is 26.4 Å². The molecule has 0 heterocycles. The fourth-order valence-corrected chi connectivity index (χ4v) is 14.8. The Morgan fingerprint density at radius 3 is 0.654 bits per heavy atom. The molecule has 0 aliphatic heterocycles. The highest BCUT2D eigenvalue weighted by Crippen LogP contribution is 2.45. The SMILES string of the molecule is CCCCCCCCCCCCCCCCCCCCCCCCC(=O)O[C@H](COC(=O)CCCCCCCCCCCCCCCCCC(C)C)COP(=O)(O)OC[C@@H](O)COP(=O)(O)OC[C@@H](COC(=O)CCCCCCCCCCCC(C)C)OC(=O)CCCCCCCCCCCC(C)C. The predicted octanol–water partition coefficient (Wildman–Crippen LogP) is 25.7. The van der Waals surface area contributed by atoms with Crippen LogP contribution in [-0.4, -0.2) is 96.7 Å². The molecule has 0 aromatic rings. The summed E-state index contributed by atoms with van der Waals surface area (Å²) in [6.45, 7) is 11.9. The maximum Gasteiger partial charge on any atom is 0.472 e. The molecule has 5 atom stereocenters. The summed E-state index contributed by atoms with van der Waals surface area (Å²) in [6.07, 6.45) is 65.4. The number of phosphoric ester groups is 2. The number of aliphatic hydroxyl groups is 1. The van der Waals surface area contributed by atoms with Gasteiger partial charge in [-0.05, 0) is 43.4 Å². The Kier molecular flexibility index (Phi) is 73.7. The fourth-order valence-electron chi connectivity index (χ4n) is 13.2. The van der Waals surface area contributed by atoms with E-state index >= 15 is 0 Å². The Labute approximate surface area is 638 Å². The maximum atomic E-state index is 13.1. The molecule has 0 radical (unpaired) electrons. The third-order valence-electron chi connectivity index (χ3n) is 19.9. The smallest absolute Gasteiger partial charge is 0.462 e. The lowest BCUT2D eigenvalue weighted by atomic mass is 10.0. The standard InChI is InChI=1S/C85H166O17P2/c1-8-9-10-11-12-13-14-15-16-17-18-19-20-21-22-25-29-32-39-47-54-61-68-84(89)101-80(72-95-82(87)66-59-52-45-38-31-28-26-23-24-27-30-35-42-49-56-63-76(2)3)74-99-103(91,92)97-70-79(86)71-98-104(93,94)100-75-81(102-85(90)69-62-55-48-41-34-37-44-51-58-65-78(6)7)73-96-83(88)67-60-53-46-40-33-36-43-50-57-64-77(4)5/h76-81,86H,8-75H2,1-7H3,(H,91,92)(H,93,94)/t79-,80-,81-/m1/s1. The van der Waals surface area contributed by atoms with Gasteiger partial charge in [-0.3, -0.25) is 37.3 Å². The largest absolute Gasteiger partial charge is 0.472 e. The number of carbonyl (C=O) groups is 4. The summed E-state index contributed by atoms with van der Waals surface area (Å²) in [7, 11) is -9.93. The van der Waals surface area contributed by atoms with Crippen LogP contribution in [0.15, 0.2) is 0 Å². The van der Waals surface area contributed by atoms with Gasteiger partial charge in [0.2, 0.25) is 0 Å². The van der Waals surface area contributed by atoms with Crippen LogP contribution in [0.5, 0.6) is 0 Å². The van der Waals surface area contributed by atoms with Crippen molar-refractivity contribution >= 4 is 39.5 Å². The van der Waals surface area contributed by atoms with Gasteiger partial charge >= 0.3 is 39.5 Å². The first-order valence-corrected chi connectivity index (χ1v) is 46.8. The highest BCUT2D eigenvalue weighted by molar-refractivity contribution is 7.47. The van der Waals surface area contributed by atoms with Crippen LogP contribution in [0.1, 0.15) is 447 Å². The second-order valence-corrected chi connectivity index (χ2v) is 34.9. The van der Waals surface area contributed by atoms with Gasteiger partial charge in [0.15, 0.2) is 12.2 Å². The van der Waals surface area contributed by atoms with Crippen molar-refractivity contribution in [1.29, 1.82) is 0 Å². The topological polar surface area (TPSA) is 237 Å². The van der Waals surface area contributed by atoms with Gasteiger partial charge in [0.1, 0.15) is 19.3 Å². The van der Waals surface area contributed by atoms with Crippen LogP contribution in [0.2, 0.25) is 0 Å². The number of rotatable bonds is 83. The Hall–Kier alpha value is -1.94. The number of esters is 4. The van der Waals surface area contributed by atoms with E-state index in [-0.39, 0.29) is 25.7 Å². The van der Waals surface area contributed by atoms with Crippen LogP contribution < -0.4 is 0 Å². The van der Waals surface area contributed by atoms with Gasteiger partial charge in [0.25, 0.3) is 0 Å². The monoisotopic (exact) mass is 1520 g/mol. The molecule has 0 amide bonds. The van der Waals surface area contributed by atoms with Crippen LogP contribution in [0.4, 0.5) is 0 Å². The minimum absolute atomic E-state index is 0.105. The van der Waals surface area contributed by atoms with E-state index in [0.717, 1.165) is 108 Å². The van der Waals surface area contributed by atoms with Gasteiger partial charge in [-0.2, -0.15) is 0 Å². The highest BCUT2D eigenvalue weighted by Gasteiger charge is 2.30. The van der Waals surface area contributed by atoms with Crippen molar-refractivity contribution in [2.45, 2.75) is 465 Å². The minimum Gasteiger partial charge on any atom is -0.462 e. The number of unbranched alkanes of at least 4 members (excludes halogenated alkanes) is 51. The molecule has 3 N–H and O–H groups in total. The molecule has 104 heavy (non-hydrogen) atoms. The molecule has 0 saturated heterocycles. The first-order chi connectivity index (χ1) is 50.2. The van der Waals surface area contributed by atoms with E-state index in [9.17, 15) is 43.2 Å². The summed E-state index contributed by atoms with van der Waals surface area (Å²) in [4.78, 5) is 73.2. The molecule has 0 aromatic carbocycles. The van der Waals surface area contributed by atoms with Gasteiger partial charge in [-0.15, -0.1) is 0 Å². The summed E-state index contributed by atoms with van der Waals surface area (Å²) in [5.74, 6) is 0.178. The lowest BCUT2D eigenvalue weighted by molar-refractivity contribution is -0.161. The molecular formula is C85H166O17P2. The van der Waals surface area contributed by atoms with Crippen molar-refractivity contribution in [1.82, 2.24) is 0 Å². The van der Waals surface area contributed by atoms with Crippen molar-refractivity contribution in [2.24, 2.45) is 17.8 Å². The average Bonchev–Trinajstić information content (AvgIpc) is 0.904. The molecule has 0 aromatic heterocycles. The number of hydrogen-bond donors (Lipinski definition) is 3. The van der Waals surface area contributed by atoms with Crippen LogP contribution in [0.3, 0.4) is 0 Å². The van der Waals surface area contributed by atoms with Crippen molar-refractivity contribution in [3.05, 3.63) is 0 Å². The quantitative estimate of drug-likeness (QED) is 0.0222. The lowest BCUT2D eigenvalue weighted by Crippen LogP contribution is -2.30. The molecule has 0 bridgehead atoms. The molecule has 0 saturated carbocycles. The Morgan fingerprint density at radius 2 is 0.442 bits per heavy atom. The van der Waals surface area contributed by atoms with E-state index in [1.54, 1.807) is 0 Å². The van der Waals surface area contributed by atoms with E-state index < -0.39 is 97.5 Å². The number of carbonyl (C=O) groups excluding carboxylic acids is 4. The Bertz CT molecular complexity index is 2010. The highest BCUT2D eigenvalue weighted by atomic mass is 31.2. The zero-order valence-corrected chi connectivity index (χ0v) is 70.3. The summed E-state index contributed by atoms with van der Waals surface area (Å²) < 4.78 is 68.8. The molecule has 0 aliphatic rings. The first-order valence-electron chi connectivity index (χ1n) is 43.8. The van der Waals surface area contributed by atoms with Crippen molar-refractivity contribution in [3.8, 4) is 0 Å². The van der Waals surface area contributed by atoms with Crippen molar-refractivity contribution < 1.29 is 80.2 Å². The molecule has 0 fully saturated rings. The summed E-state index contributed by atoms with van der Waals surface area (Å²) in [5, 5.41) is 10.7. The number of phosphoric acid groups is 2. The van der Waals surface area contributed by atoms with E-state index in [1.165, 1.54) is 257 Å². The van der Waals surface area contributed by atoms with Crippen LogP contribution in [0, 0.1) is 17.8 Å². The third kappa shape index (κ3) is 78.2.